The zero-order chi connectivity index (χ0) is 13.0. The Labute approximate surface area is 112 Å². The van der Waals surface area contributed by atoms with E-state index in [9.17, 15) is 0 Å². The van der Waals surface area contributed by atoms with Crippen LogP contribution in [-0.4, -0.2) is 15.6 Å². The largest absolute Gasteiger partial charge is 0.353 e. The van der Waals surface area contributed by atoms with Crippen molar-refractivity contribution in [3.63, 3.8) is 0 Å². The number of hydrogen-bond donors (Lipinski definition) is 1. The van der Waals surface area contributed by atoms with Crippen molar-refractivity contribution in [2.24, 2.45) is 0 Å². The first kappa shape index (κ1) is 12.9. The maximum absolute atomic E-state index is 4.33. The van der Waals surface area contributed by atoms with E-state index in [1.807, 2.05) is 29.8 Å². The minimum absolute atomic E-state index is 0.369. The maximum atomic E-state index is 4.33. The second-order valence-electron chi connectivity index (χ2n) is 4.45. The van der Waals surface area contributed by atoms with Crippen molar-refractivity contribution >= 4 is 17.3 Å². The van der Waals surface area contributed by atoms with Gasteiger partial charge in [-0.1, -0.05) is 6.08 Å². The van der Waals surface area contributed by atoms with Gasteiger partial charge in [0.15, 0.2) is 0 Å². The molecule has 4 heteroatoms. The van der Waals surface area contributed by atoms with Gasteiger partial charge in [-0.3, -0.25) is 0 Å². The number of hydrogen-bond acceptors (Lipinski definition) is 3. The van der Waals surface area contributed by atoms with E-state index in [0.29, 0.717) is 6.04 Å². The van der Waals surface area contributed by atoms with Crippen LogP contribution in [0.4, 0.5) is 5.95 Å². The number of thiophene rings is 1. The molecule has 0 aliphatic rings. The summed E-state index contributed by atoms with van der Waals surface area (Å²) in [7, 11) is 0. The van der Waals surface area contributed by atoms with Crippen LogP contribution in [0.5, 0.6) is 0 Å². The third kappa shape index (κ3) is 3.23. The van der Waals surface area contributed by atoms with E-state index in [-0.39, 0.29) is 0 Å². The molecule has 0 aromatic carbocycles. The average molecular weight is 261 g/mol. The Morgan fingerprint density at radius 3 is 3.06 bits per heavy atom. The fourth-order valence-electron chi connectivity index (χ4n) is 1.90. The number of nitrogens with one attached hydrogen (secondary N) is 1. The first-order valence-corrected chi connectivity index (χ1v) is 6.94. The molecule has 1 N–H and O–H groups in total. The summed E-state index contributed by atoms with van der Waals surface area (Å²) in [5, 5.41) is 3.44. The van der Waals surface area contributed by atoms with Gasteiger partial charge in [0.1, 0.15) is 0 Å². The first-order chi connectivity index (χ1) is 8.69. The Bertz CT molecular complexity index is 513. The average Bonchev–Trinajstić information content (AvgIpc) is 2.90. The van der Waals surface area contributed by atoms with Crippen LogP contribution >= 0.6 is 11.3 Å². The van der Waals surface area contributed by atoms with Gasteiger partial charge in [0.2, 0.25) is 5.95 Å². The molecule has 3 nitrogen and oxygen atoms in total. The molecule has 0 saturated carbocycles. The molecule has 0 radical (unpaired) electrons. The molecular formula is C14H19N3S. The number of aryl methyl sites for hydroxylation is 1. The molecule has 0 aliphatic heterocycles. The van der Waals surface area contributed by atoms with Crippen molar-refractivity contribution in [3.05, 3.63) is 46.9 Å². The Morgan fingerprint density at radius 1 is 1.56 bits per heavy atom. The Hall–Kier alpha value is -1.55. The van der Waals surface area contributed by atoms with Crippen LogP contribution in [0, 0.1) is 6.92 Å². The summed E-state index contributed by atoms with van der Waals surface area (Å²) >= 11 is 1.86. The van der Waals surface area contributed by atoms with Crippen LogP contribution < -0.4 is 5.32 Å². The second-order valence-corrected chi connectivity index (χ2v) is 5.83. The Morgan fingerprint density at radius 2 is 2.39 bits per heavy atom. The van der Waals surface area contributed by atoms with Gasteiger partial charge < -0.3 is 9.88 Å². The quantitative estimate of drug-likeness (QED) is 0.807. The van der Waals surface area contributed by atoms with E-state index >= 15 is 0 Å². The van der Waals surface area contributed by atoms with Gasteiger partial charge in [-0.05, 0) is 26.0 Å². The Balaban J connectivity index is 1.96. The van der Waals surface area contributed by atoms with Gasteiger partial charge in [-0.15, -0.1) is 17.9 Å². The third-order valence-corrected chi connectivity index (χ3v) is 3.74. The standard InChI is InChI=1S/C14H19N3S/c1-4-8-17-9-7-15-14(17)16-11(2)10-13-6-5-12(3)18-13/h4-7,9,11H,1,8,10H2,2-3H3,(H,15,16). The lowest BCUT2D eigenvalue weighted by molar-refractivity contribution is 0.750. The molecule has 0 saturated heterocycles. The van der Waals surface area contributed by atoms with Crippen molar-refractivity contribution in [2.75, 3.05) is 5.32 Å². The molecule has 0 amide bonds. The summed E-state index contributed by atoms with van der Waals surface area (Å²) in [5.41, 5.74) is 0. The number of aromatic nitrogens is 2. The minimum atomic E-state index is 0.369. The topological polar surface area (TPSA) is 29.9 Å². The molecule has 2 aromatic heterocycles. The summed E-state index contributed by atoms with van der Waals surface area (Å²) in [4.78, 5) is 7.11. The monoisotopic (exact) mass is 261 g/mol. The van der Waals surface area contributed by atoms with E-state index in [0.717, 1.165) is 18.9 Å². The van der Waals surface area contributed by atoms with Crippen molar-refractivity contribution < 1.29 is 0 Å². The number of rotatable bonds is 6. The fraction of sp³-hybridized carbons (Fsp3) is 0.357. The molecule has 96 valence electrons. The normalized spacial score (nSPS) is 12.3. The predicted molar refractivity (Wildman–Crippen MR) is 78.3 cm³/mol. The molecule has 0 fully saturated rings. The molecule has 0 bridgehead atoms. The van der Waals surface area contributed by atoms with Crippen LogP contribution in [0.3, 0.4) is 0 Å². The third-order valence-electron chi connectivity index (χ3n) is 2.72. The van der Waals surface area contributed by atoms with Crippen LogP contribution in [0.15, 0.2) is 37.2 Å². The van der Waals surface area contributed by atoms with Gasteiger partial charge in [-0.25, -0.2) is 4.98 Å². The number of imidazole rings is 1. The van der Waals surface area contributed by atoms with Crippen molar-refractivity contribution in [2.45, 2.75) is 32.9 Å². The highest BCUT2D eigenvalue weighted by atomic mass is 32.1. The van der Waals surface area contributed by atoms with Gasteiger partial charge in [-0.2, -0.15) is 0 Å². The first-order valence-electron chi connectivity index (χ1n) is 6.13. The van der Waals surface area contributed by atoms with Gasteiger partial charge >= 0.3 is 0 Å². The van der Waals surface area contributed by atoms with Crippen LogP contribution in [0.25, 0.3) is 0 Å². The minimum Gasteiger partial charge on any atom is -0.353 e. The van der Waals surface area contributed by atoms with E-state index in [4.69, 9.17) is 0 Å². The highest BCUT2D eigenvalue weighted by molar-refractivity contribution is 7.11. The summed E-state index contributed by atoms with van der Waals surface area (Å²) in [6.07, 6.45) is 6.68. The fourth-order valence-corrected chi connectivity index (χ4v) is 2.92. The molecule has 18 heavy (non-hydrogen) atoms. The SMILES string of the molecule is C=CCn1ccnc1NC(C)Cc1ccc(C)s1. The van der Waals surface area contributed by atoms with Crippen LogP contribution in [0.2, 0.25) is 0 Å². The number of allylic oxidation sites excluding steroid dienone is 1. The Kier molecular flexibility index (Phi) is 4.20. The van der Waals surface area contributed by atoms with Gasteiger partial charge in [0.25, 0.3) is 0 Å². The molecule has 2 rings (SSSR count). The summed E-state index contributed by atoms with van der Waals surface area (Å²) < 4.78 is 2.06. The summed E-state index contributed by atoms with van der Waals surface area (Å²) in [6, 6.07) is 4.74. The van der Waals surface area contributed by atoms with Gasteiger partial charge in [0, 0.05) is 41.2 Å². The molecule has 1 unspecified atom stereocenters. The van der Waals surface area contributed by atoms with Gasteiger partial charge in [0.05, 0.1) is 0 Å². The van der Waals surface area contributed by atoms with E-state index in [1.165, 1.54) is 9.75 Å². The second kappa shape index (κ2) is 5.87. The highest BCUT2D eigenvalue weighted by Crippen LogP contribution is 2.18. The molecule has 0 spiro atoms. The predicted octanol–water partition coefficient (Wildman–Crippen LogP) is 3.48. The molecule has 2 heterocycles. The lowest BCUT2D eigenvalue weighted by atomic mass is 10.2. The van der Waals surface area contributed by atoms with E-state index in [1.54, 1.807) is 0 Å². The lowest BCUT2D eigenvalue weighted by Crippen LogP contribution is -2.20. The molecule has 1 atom stereocenters. The van der Waals surface area contributed by atoms with Crippen molar-refractivity contribution in [1.82, 2.24) is 9.55 Å². The zero-order valence-corrected chi connectivity index (χ0v) is 11.7. The number of nitrogens with zero attached hydrogens (tertiary/aromatic N) is 2. The summed E-state index contributed by atoms with van der Waals surface area (Å²) in [5.74, 6) is 0.913. The van der Waals surface area contributed by atoms with Crippen molar-refractivity contribution in [1.29, 1.82) is 0 Å². The lowest BCUT2D eigenvalue weighted by Gasteiger charge is -2.14. The molecule has 2 aromatic rings. The van der Waals surface area contributed by atoms with E-state index < -0.39 is 0 Å². The maximum Gasteiger partial charge on any atom is 0.203 e. The number of anilines is 1. The highest BCUT2D eigenvalue weighted by Gasteiger charge is 2.08. The van der Waals surface area contributed by atoms with Crippen molar-refractivity contribution in [3.8, 4) is 0 Å². The zero-order valence-electron chi connectivity index (χ0n) is 10.9. The van der Waals surface area contributed by atoms with E-state index in [2.05, 4.69) is 47.4 Å². The summed E-state index contributed by atoms with van der Waals surface area (Å²) in [6.45, 7) is 8.86. The van der Waals surface area contributed by atoms with Crippen LogP contribution in [0.1, 0.15) is 16.7 Å². The smallest absolute Gasteiger partial charge is 0.203 e. The molecule has 0 aliphatic carbocycles. The molecular weight excluding hydrogens is 242 g/mol. The van der Waals surface area contributed by atoms with Crippen LogP contribution in [-0.2, 0) is 13.0 Å².